The zero-order valence-corrected chi connectivity index (χ0v) is 14.7. The number of hydrogen-bond acceptors (Lipinski definition) is 3. The maximum atomic E-state index is 12.0. The molecule has 2 N–H and O–H groups in total. The Balaban J connectivity index is 1.76. The smallest absolute Gasteiger partial charge is 0.226 e. The molecule has 0 atom stereocenters. The molecule has 2 amide bonds. The van der Waals surface area contributed by atoms with Crippen LogP contribution in [0.3, 0.4) is 0 Å². The largest absolute Gasteiger partial charge is 0.326 e. The predicted octanol–water partition coefficient (Wildman–Crippen LogP) is 4.40. The first-order chi connectivity index (χ1) is 11.5. The molecular formula is C19H22N2O2S. The third kappa shape index (κ3) is 6.08. The Kier molecular flexibility index (Phi) is 6.88. The number of amides is 2. The molecule has 0 aromatic heterocycles. The molecule has 0 spiro atoms. The van der Waals surface area contributed by atoms with Gasteiger partial charge in [-0.15, -0.1) is 11.8 Å². The van der Waals surface area contributed by atoms with Crippen LogP contribution in [0.5, 0.6) is 0 Å². The lowest BCUT2D eigenvalue weighted by atomic mass is 10.2. The molecule has 0 aliphatic rings. The van der Waals surface area contributed by atoms with Crippen LogP contribution in [-0.4, -0.2) is 17.6 Å². The fourth-order valence-electron chi connectivity index (χ4n) is 1.93. The number of carbonyl (C=O) groups is 2. The van der Waals surface area contributed by atoms with Crippen LogP contribution in [0.25, 0.3) is 0 Å². The van der Waals surface area contributed by atoms with E-state index in [1.54, 1.807) is 36.0 Å². The van der Waals surface area contributed by atoms with Gasteiger partial charge in [-0.1, -0.05) is 32.0 Å². The van der Waals surface area contributed by atoms with E-state index in [1.807, 2.05) is 44.2 Å². The second-order valence-corrected chi connectivity index (χ2v) is 6.85. The van der Waals surface area contributed by atoms with Crippen molar-refractivity contribution in [2.45, 2.75) is 25.2 Å². The molecule has 0 aliphatic heterocycles. The van der Waals surface area contributed by atoms with Gasteiger partial charge in [0.15, 0.2) is 0 Å². The molecule has 0 fully saturated rings. The Labute approximate surface area is 147 Å². The van der Waals surface area contributed by atoms with E-state index in [0.717, 1.165) is 22.0 Å². The van der Waals surface area contributed by atoms with Crippen molar-refractivity contribution in [1.82, 2.24) is 0 Å². The Morgan fingerprint density at radius 2 is 1.50 bits per heavy atom. The van der Waals surface area contributed by atoms with Crippen molar-refractivity contribution in [3.63, 3.8) is 0 Å². The molecule has 4 nitrogen and oxygen atoms in total. The molecule has 0 bridgehead atoms. The number of hydrogen-bond donors (Lipinski definition) is 2. The van der Waals surface area contributed by atoms with E-state index in [0.29, 0.717) is 6.42 Å². The zero-order chi connectivity index (χ0) is 17.4. The summed E-state index contributed by atoms with van der Waals surface area (Å²) in [6, 6.07) is 17.2. The maximum absolute atomic E-state index is 12.0. The van der Waals surface area contributed by atoms with Crippen LogP contribution in [0.2, 0.25) is 0 Å². The van der Waals surface area contributed by atoms with Gasteiger partial charge in [0, 0.05) is 34.4 Å². The number of benzene rings is 2. The molecule has 0 unspecified atom stereocenters. The van der Waals surface area contributed by atoms with E-state index < -0.39 is 0 Å². The third-order valence-electron chi connectivity index (χ3n) is 3.30. The second kappa shape index (κ2) is 9.13. The van der Waals surface area contributed by atoms with Gasteiger partial charge in [-0.3, -0.25) is 9.59 Å². The van der Waals surface area contributed by atoms with Gasteiger partial charge in [0.2, 0.25) is 11.8 Å². The molecule has 0 saturated heterocycles. The summed E-state index contributed by atoms with van der Waals surface area (Å²) in [5.41, 5.74) is 1.46. The highest BCUT2D eigenvalue weighted by Gasteiger charge is 2.07. The normalized spacial score (nSPS) is 10.5. The summed E-state index contributed by atoms with van der Waals surface area (Å²) in [4.78, 5) is 24.7. The van der Waals surface area contributed by atoms with Gasteiger partial charge in [-0.25, -0.2) is 0 Å². The van der Waals surface area contributed by atoms with E-state index in [-0.39, 0.29) is 17.7 Å². The third-order valence-corrected chi connectivity index (χ3v) is 4.32. The maximum Gasteiger partial charge on any atom is 0.226 e. The van der Waals surface area contributed by atoms with Crippen molar-refractivity contribution >= 4 is 35.0 Å². The van der Waals surface area contributed by atoms with Crippen LogP contribution in [0.4, 0.5) is 11.4 Å². The number of thioether (sulfide) groups is 1. The van der Waals surface area contributed by atoms with Gasteiger partial charge in [0.05, 0.1) is 0 Å². The van der Waals surface area contributed by atoms with E-state index in [1.165, 1.54) is 0 Å². The van der Waals surface area contributed by atoms with E-state index >= 15 is 0 Å². The fourth-order valence-corrected chi connectivity index (χ4v) is 2.80. The van der Waals surface area contributed by atoms with Crippen LogP contribution in [-0.2, 0) is 9.59 Å². The molecule has 2 rings (SSSR count). The topological polar surface area (TPSA) is 58.2 Å². The van der Waals surface area contributed by atoms with Crippen molar-refractivity contribution in [2.75, 3.05) is 16.4 Å². The standard InChI is InChI=1S/C19H22N2O2S/c1-14(2)19(23)21-16-10-8-15(9-11-16)20-18(22)12-13-24-17-6-4-3-5-7-17/h3-11,14H,12-13H2,1-2H3,(H,20,22)(H,21,23). The molecule has 0 aliphatic carbocycles. The predicted molar refractivity (Wildman–Crippen MR) is 100 cm³/mol. The first-order valence-electron chi connectivity index (χ1n) is 7.93. The Morgan fingerprint density at radius 3 is 2.08 bits per heavy atom. The lowest BCUT2D eigenvalue weighted by molar-refractivity contribution is -0.119. The molecule has 0 heterocycles. The average molecular weight is 342 g/mol. The Bertz CT molecular complexity index is 670. The molecular weight excluding hydrogens is 320 g/mol. The molecule has 2 aromatic carbocycles. The molecule has 5 heteroatoms. The highest BCUT2D eigenvalue weighted by atomic mass is 32.2. The van der Waals surface area contributed by atoms with Gasteiger partial charge in [0.1, 0.15) is 0 Å². The quantitative estimate of drug-likeness (QED) is 0.733. The lowest BCUT2D eigenvalue weighted by Gasteiger charge is -2.09. The fraction of sp³-hybridized carbons (Fsp3) is 0.263. The average Bonchev–Trinajstić information content (AvgIpc) is 2.57. The minimum atomic E-state index is -0.0634. The van der Waals surface area contributed by atoms with Crippen LogP contribution in [0.1, 0.15) is 20.3 Å². The second-order valence-electron chi connectivity index (χ2n) is 5.68. The molecule has 24 heavy (non-hydrogen) atoms. The van der Waals surface area contributed by atoms with Crippen molar-refractivity contribution in [3.8, 4) is 0 Å². The minimum absolute atomic E-state index is 0.0163. The van der Waals surface area contributed by atoms with Crippen molar-refractivity contribution < 1.29 is 9.59 Å². The molecule has 0 radical (unpaired) electrons. The first kappa shape index (κ1) is 18.1. The summed E-state index contributed by atoms with van der Waals surface area (Å²) < 4.78 is 0. The summed E-state index contributed by atoms with van der Waals surface area (Å²) >= 11 is 1.66. The number of carbonyl (C=O) groups excluding carboxylic acids is 2. The van der Waals surface area contributed by atoms with Gasteiger partial charge < -0.3 is 10.6 Å². The summed E-state index contributed by atoms with van der Waals surface area (Å²) in [7, 11) is 0. The highest BCUT2D eigenvalue weighted by Crippen LogP contribution is 2.19. The van der Waals surface area contributed by atoms with E-state index in [4.69, 9.17) is 0 Å². The van der Waals surface area contributed by atoms with E-state index in [2.05, 4.69) is 10.6 Å². The molecule has 126 valence electrons. The van der Waals surface area contributed by atoms with Gasteiger partial charge >= 0.3 is 0 Å². The number of rotatable bonds is 7. The number of nitrogens with one attached hydrogen (secondary N) is 2. The van der Waals surface area contributed by atoms with Crippen molar-refractivity contribution in [2.24, 2.45) is 5.92 Å². The van der Waals surface area contributed by atoms with Crippen LogP contribution in [0, 0.1) is 5.92 Å². The monoisotopic (exact) mass is 342 g/mol. The first-order valence-corrected chi connectivity index (χ1v) is 8.92. The summed E-state index contributed by atoms with van der Waals surface area (Å²) in [6.45, 7) is 3.69. The zero-order valence-electron chi connectivity index (χ0n) is 13.9. The SMILES string of the molecule is CC(C)C(=O)Nc1ccc(NC(=O)CCSc2ccccc2)cc1. The minimum Gasteiger partial charge on any atom is -0.326 e. The van der Waals surface area contributed by atoms with Crippen LogP contribution in [0.15, 0.2) is 59.5 Å². The summed E-state index contributed by atoms with van der Waals surface area (Å²) in [6.07, 6.45) is 0.450. The van der Waals surface area contributed by atoms with Crippen molar-refractivity contribution in [3.05, 3.63) is 54.6 Å². The lowest BCUT2D eigenvalue weighted by Crippen LogP contribution is -2.17. The van der Waals surface area contributed by atoms with Crippen LogP contribution < -0.4 is 10.6 Å². The van der Waals surface area contributed by atoms with Gasteiger partial charge in [-0.2, -0.15) is 0 Å². The van der Waals surface area contributed by atoms with Crippen LogP contribution >= 0.6 is 11.8 Å². The highest BCUT2D eigenvalue weighted by molar-refractivity contribution is 7.99. The van der Waals surface area contributed by atoms with Crippen molar-refractivity contribution in [1.29, 1.82) is 0 Å². The summed E-state index contributed by atoms with van der Waals surface area (Å²) in [5.74, 6) is 0.631. The van der Waals surface area contributed by atoms with E-state index in [9.17, 15) is 9.59 Å². The van der Waals surface area contributed by atoms with Gasteiger partial charge in [0.25, 0.3) is 0 Å². The molecule has 0 saturated carbocycles. The van der Waals surface area contributed by atoms with Gasteiger partial charge in [-0.05, 0) is 36.4 Å². The Morgan fingerprint density at radius 1 is 0.917 bits per heavy atom. The molecule has 2 aromatic rings. The Hall–Kier alpha value is -2.27. The number of anilines is 2. The summed E-state index contributed by atoms with van der Waals surface area (Å²) in [5, 5.41) is 5.69.